The van der Waals surface area contributed by atoms with Gasteiger partial charge in [0.15, 0.2) is 17.1 Å². The summed E-state index contributed by atoms with van der Waals surface area (Å²) in [6.45, 7) is 5.83. The van der Waals surface area contributed by atoms with E-state index >= 15 is 0 Å². The first-order valence-corrected chi connectivity index (χ1v) is 8.17. The van der Waals surface area contributed by atoms with E-state index in [4.69, 9.17) is 18.9 Å². The Bertz CT molecular complexity index is 694. The summed E-state index contributed by atoms with van der Waals surface area (Å²) >= 11 is 0. The Balaban J connectivity index is 2.09. The predicted octanol–water partition coefficient (Wildman–Crippen LogP) is 3.99. The van der Waals surface area contributed by atoms with Crippen LogP contribution in [0.2, 0.25) is 0 Å². The quantitative estimate of drug-likeness (QED) is 0.678. The molecule has 2 aromatic carbocycles. The highest BCUT2D eigenvalue weighted by Crippen LogP contribution is 2.34. The standard InChI is InChI=1S/C20H24O5/c1-5-23-19(21)20(2,3)25-17-12-11-16(13-18(17)22-4)24-14-15-9-7-6-8-10-15/h6-13H,5,14H2,1-4H3. The van der Waals surface area contributed by atoms with Crippen LogP contribution in [-0.2, 0) is 16.1 Å². The highest BCUT2D eigenvalue weighted by atomic mass is 16.6. The smallest absolute Gasteiger partial charge is 0.349 e. The van der Waals surface area contributed by atoms with Crippen molar-refractivity contribution in [1.82, 2.24) is 0 Å². The molecule has 0 aliphatic carbocycles. The molecule has 134 valence electrons. The Labute approximate surface area is 148 Å². The van der Waals surface area contributed by atoms with Gasteiger partial charge < -0.3 is 18.9 Å². The van der Waals surface area contributed by atoms with E-state index in [0.717, 1.165) is 5.56 Å². The fraction of sp³-hybridized carbons (Fsp3) is 0.350. The van der Waals surface area contributed by atoms with E-state index in [-0.39, 0.29) is 0 Å². The van der Waals surface area contributed by atoms with E-state index in [1.165, 1.54) is 0 Å². The molecule has 0 aromatic heterocycles. The van der Waals surface area contributed by atoms with Crippen molar-refractivity contribution in [3.8, 4) is 17.2 Å². The molecule has 0 amide bonds. The molecule has 0 saturated carbocycles. The molecule has 0 heterocycles. The summed E-state index contributed by atoms with van der Waals surface area (Å²) in [6, 6.07) is 15.1. The van der Waals surface area contributed by atoms with Crippen LogP contribution in [0.3, 0.4) is 0 Å². The highest BCUT2D eigenvalue weighted by molar-refractivity contribution is 5.79. The zero-order valence-corrected chi connectivity index (χ0v) is 15.1. The van der Waals surface area contributed by atoms with Gasteiger partial charge >= 0.3 is 5.97 Å². The lowest BCUT2D eigenvalue weighted by Crippen LogP contribution is -2.39. The van der Waals surface area contributed by atoms with Crippen LogP contribution in [0.5, 0.6) is 17.2 Å². The van der Waals surface area contributed by atoms with Gasteiger partial charge in [0.05, 0.1) is 13.7 Å². The number of methoxy groups -OCH3 is 1. The highest BCUT2D eigenvalue weighted by Gasteiger charge is 2.32. The van der Waals surface area contributed by atoms with E-state index in [1.807, 2.05) is 30.3 Å². The molecule has 0 saturated heterocycles. The predicted molar refractivity (Wildman–Crippen MR) is 95.1 cm³/mol. The van der Waals surface area contributed by atoms with Crippen molar-refractivity contribution in [3.63, 3.8) is 0 Å². The molecule has 0 radical (unpaired) electrons. The first kappa shape index (κ1) is 18.6. The van der Waals surface area contributed by atoms with Gasteiger partial charge in [-0.1, -0.05) is 30.3 Å². The number of benzene rings is 2. The van der Waals surface area contributed by atoms with Gasteiger partial charge in [0.1, 0.15) is 12.4 Å². The number of carbonyl (C=O) groups excluding carboxylic acids is 1. The van der Waals surface area contributed by atoms with Crippen LogP contribution in [0.1, 0.15) is 26.3 Å². The number of ether oxygens (including phenoxy) is 4. The molecule has 0 N–H and O–H groups in total. The van der Waals surface area contributed by atoms with Gasteiger partial charge in [-0.3, -0.25) is 0 Å². The maximum atomic E-state index is 12.0. The van der Waals surface area contributed by atoms with Crippen molar-refractivity contribution in [1.29, 1.82) is 0 Å². The third kappa shape index (κ3) is 5.14. The van der Waals surface area contributed by atoms with Gasteiger partial charge in [-0.25, -0.2) is 4.79 Å². The SMILES string of the molecule is CCOC(=O)C(C)(C)Oc1ccc(OCc2ccccc2)cc1OC. The van der Waals surface area contributed by atoms with Gasteiger partial charge in [-0.05, 0) is 38.5 Å². The summed E-state index contributed by atoms with van der Waals surface area (Å²) in [7, 11) is 1.54. The molecule has 0 spiro atoms. The number of carbonyl (C=O) groups is 1. The molecule has 0 unspecified atom stereocenters. The second-order valence-corrected chi connectivity index (χ2v) is 5.92. The minimum absolute atomic E-state index is 0.301. The van der Waals surface area contributed by atoms with Crippen LogP contribution in [-0.4, -0.2) is 25.3 Å². The summed E-state index contributed by atoms with van der Waals surface area (Å²) in [5.41, 5.74) is -0.0411. The van der Waals surface area contributed by atoms with Gasteiger partial charge in [0, 0.05) is 6.07 Å². The van der Waals surface area contributed by atoms with E-state index in [0.29, 0.717) is 30.5 Å². The number of rotatable bonds is 8. The fourth-order valence-corrected chi connectivity index (χ4v) is 2.18. The minimum Gasteiger partial charge on any atom is -0.493 e. The van der Waals surface area contributed by atoms with Crippen LogP contribution in [0.4, 0.5) is 0 Å². The average molecular weight is 344 g/mol. The lowest BCUT2D eigenvalue weighted by molar-refractivity contribution is -0.158. The average Bonchev–Trinajstić information content (AvgIpc) is 2.61. The zero-order valence-electron chi connectivity index (χ0n) is 15.1. The van der Waals surface area contributed by atoms with Crippen LogP contribution in [0.15, 0.2) is 48.5 Å². The van der Waals surface area contributed by atoms with E-state index < -0.39 is 11.6 Å². The third-order valence-electron chi connectivity index (χ3n) is 3.52. The van der Waals surface area contributed by atoms with E-state index in [2.05, 4.69) is 0 Å². The maximum absolute atomic E-state index is 12.0. The topological polar surface area (TPSA) is 54.0 Å². The van der Waals surface area contributed by atoms with Crippen molar-refractivity contribution in [3.05, 3.63) is 54.1 Å². The van der Waals surface area contributed by atoms with Gasteiger partial charge in [-0.2, -0.15) is 0 Å². The number of hydrogen-bond acceptors (Lipinski definition) is 5. The monoisotopic (exact) mass is 344 g/mol. The molecule has 0 atom stereocenters. The molecule has 0 aliphatic heterocycles. The molecule has 25 heavy (non-hydrogen) atoms. The Hall–Kier alpha value is -2.69. The maximum Gasteiger partial charge on any atom is 0.349 e. The van der Waals surface area contributed by atoms with Crippen molar-refractivity contribution in [2.75, 3.05) is 13.7 Å². The largest absolute Gasteiger partial charge is 0.493 e. The summed E-state index contributed by atoms with van der Waals surface area (Å²) in [4.78, 5) is 12.0. The molecule has 2 aromatic rings. The second-order valence-electron chi connectivity index (χ2n) is 5.92. The summed E-state index contributed by atoms with van der Waals surface area (Å²) < 4.78 is 22.0. The van der Waals surface area contributed by atoms with Crippen LogP contribution in [0, 0.1) is 0 Å². The Kier molecular flexibility index (Phi) is 6.28. The van der Waals surface area contributed by atoms with Crippen molar-refractivity contribution < 1.29 is 23.7 Å². The second kappa shape index (κ2) is 8.42. The fourth-order valence-electron chi connectivity index (χ4n) is 2.18. The number of esters is 1. The van der Waals surface area contributed by atoms with Gasteiger partial charge in [-0.15, -0.1) is 0 Å². The van der Waals surface area contributed by atoms with Crippen molar-refractivity contribution >= 4 is 5.97 Å². The normalized spacial score (nSPS) is 10.9. The molecule has 5 heteroatoms. The van der Waals surface area contributed by atoms with Crippen LogP contribution in [0.25, 0.3) is 0 Å². The summed E-state index contributed by atoms with van der Waals surface area (Å²) in [5.74, 6) is 1.17. The van der Waals surface area contributed by atoms with Gasteiger partial charge in [0.25, 0.3) is 0 Å². The summed E-state index contributed by atoms with van der Waals surface area (Å²) in [5, 5.41) is 0. The lowest BCUT2D eigenvalue weighted by atomic mass is 10.1. The van der Waals surface area contributed by atoms with Crippen molar-refractivity contribution in [2.24, 2.45) is 0 Å². The minimum atomic E-state index is -1.12. The van der Waals surface area contributed by atoms with Gasteiger partial charge in [0.2, 0.25) is 0 Å². The summed E-state index contributed by atoms with van der Waals surface area (Å²) in [6.07, 6.45) is 0. The van der Waals surface area contributed by atoms with Crippen molar-refractivity contribution in [2.45, 2.75) is 33.0 Å². The van der Waals surface area contributed by atoms with Crippen LogP contribution < -0.4 is 14.2 Å². The lowest BCUT2D eigenvalue weighted by Gasteiger charge is -2.25. The molecule has 0 fully saturated rings. The Morgan fingerprint density at radius 3 is 2.40 bits per heavy atom. The first-order valence-electron chi connectivity index (χ1n) is 8.17. The molecule has 0 bridgehead atoms. The first-order chi connectivity index (χ1) is 12.0. The molecule has 2 rings (SSSR count). The Morgan fingerprint density at radius 2 is 1.76 bits per heavy atom. The van der Waals surface area contributed by atoms with Crippen LogP contribution >= 0.6 is 0 Å². The zero-order chi connectivity index (χ0) is 18.3. The molecular weight excluding hydrogens is 320 g/mol. The molecular formula is C20H24O5. The molecule has 0 aliphatic rings. The number of hydrogen-bond donors (Lipinski definition) is 0. The Morgan fingerprint density at radius 1 is 1.04 bits per heavy atom. The van der Waals surface area contributed by atoms with E-state index in [1.54, 1.807) is 46.1 Å². The molecule has 5 nitrogen and oxygen atoms in total. The third-order valence-corrected chi connectivity index (χ3v) is 3.52. The van der Waals surface area contributed by atoms with E-state index in [9.17, 15) is 4.79 Å².